The molecule has 4 rings (SSSR count). The summed E-state index contributed by atoms with van der Waals surface area (Å²) in [5, 5.41) is 3.32. The Bertz CT molecular complexity index is 1020. The number of hydrogen-bond acceptors (Lipinski definition) is 6. The van der Waals surface area contributed by atoms with Crippen LogP contribution in [0, 0.1) is 0 Å². The maximum absolute atomic E-state index is 12.6. The Kier molecular flexibility index (Phi) is 5.35. The molecule has 2 amide bonds. The van der Waals surface area contributed by atoms with E-state index in [0.29, 0.717) is 23.3 Å². The SMILES string of the molecule is CCOc1ccc(NC(=O)CSC2=Nc3ccccc3C3=N[C@H](C)C(=O)N23)cc1. The lowest BCUT2D eigenvalue weighted by Crippen LogP contribution is -2.41. The second-order valence-corrected chi connectivity index (χ2v) is 7.45. The van der Waals surface area contributed by atoms with Gasteiger partial charge in [-0.3, -0.25) is 14.6 Å². The van der Waals surface area contributed by atoms with Crippen LogP contribution >= 0.6 is 11.8 Å². The molecule has 0 saturated carbocycles. The molecule has 0 unspecified atom stereocenters. The topological polar surface area (TPSA) is 83.4 Å². The number of carbonyl (C=O) groups excluding carboxylic acids is 2. The Labute approximate surface area is 172 Å². The van der Waals surface area contributed by atoms with Gasteiger partial charge in [0.05, 0.1) is 18.0 Å². The molecule has 1 N–H and O–H groups in total. The predicted molar refractivity (Wildman–Crippen MR) is 115 cm³/mol. The number of nitrogens with one attached hydrogen (secondary N) is 1. The minimum Gasteiger partial charge on any atom is -0.494 e. The molecule has 2 aliphatic heterocycles. The van der Waals surface area contributed by atoms with Crippen LogP contribution in [0.15, 0.2) is 58.5 Å². The Hall–Kier alpha value is -3.13. The lowest BCUT2D eigenvalue weighted by atomic mass is 10.1. The van der Waals surface area contributed by atoms with Crippen molar-refractivity contribution in [1.82, 2.24) is 4.90 Å². The molecular formula is C21H20N4O3S. The van der Waals surface area contributed by atoms with Crippen molar-refractivity contribution in [3.05, 3.63) is 54.1 Å². The van der Waals surface area contributed by atoms with Crippen molar-refractivity contribution in [3.8, 4) is 5.75 Å². The van der Waals surface area contributed by atoms with E-state index < -0.39 is 6.04 Å². The van der Waals surface area contributed by atoms with E-state index in [0.717, 1.165) is 17.0 Å². The summed E-state index contributed by atoms with van der Waals surface area (Å²) < 4.78 is 5.40. The van der Waals surface area contributed by atoms with Crippen LogP contribution in [0.1, 0.15) is 19.4 Å². The quantitative estimate of drug-likeness (QED) is 0.822. The van der Waals surface area contributed by atoms with Crippen molar-refractivity contribution < 1.29 is 14.3 Å². The standard InChI is InChI=1S/C21H20N4O3S/c1-3-28-15-10-8-14(9-11-15)23-18(26)12-29-21-24-17-7-5-4-6-16(17)19-22-13(2)20(27)25(19)21/h4-11,13H,3,12H2,1-2H3,(H,23,26)/t13-/m1/s1. The van der Waals surface area contributed by atoms with E-state index in [1.54, 1.807) is 31.2 Å². The Morgan fingerprint density at radius 3 is 2.72 bits per heavy atom. The van der Waals surface area contributed by atoms with E-state index in [-0.39, 0.29) is 17.6 Å². The van der Waals surface area contributed by atoms with Crippen LogP contribution in [0.25, 0.3) is 0 Å². The molecule has 29 heavy (non-hydrogen) atoms. The van der Waals surface area contributed by atoms with Gasteiger partial charge in [-0.15, -0.1) is 0 Å². The lowest BCUT2D eigenvalue weighted by Gasteiger charge is -2.25. The number of amides is 2. The smallest absolute Gasteiger partial charge is 0.258 e. The monoisotopic (exact) mass is 408 g/mol. The van der Waals surface area contributed by atoms with E-state index in [1.165, 1.54) is 16.7 Å². The molecule has 0 aromatic heterocycles. The van der Waals surface area contributed by atoms with Crippen LogP contribution in [0.4, 0.5) is 11.4 Å². The third-order valence-corrected chi connectivity index (χ3v) is 5.38. The van der Waals surface area contributed by atoms with E-state index >= 15 is 0 Å². The molecule has 0 fully saturated rings. The van der Waals surface area contributed by atoms with Gasteiger partial charge in [0, 0.05) is 11.3 Å². The summed E-state index contributed by atoms with van der Waals surface area (Å²) in [6, 6.07) is 14.3. The minimum absolute atomic E-state index is 0.125. The van der Waals surface area contributed by atoms with E-state index in [9.17, 15) is 9.59 Å². The van der Waals surface area contributed by atoms with Gasteiger partial charge in [0.25, 0.3) is 5.91 Å². The number of fused-ring (bicyclic) bond motifs is 3. The number of para-hydroxylation sites is 1. The van der Waals surface area contributed by atoms with Crippen LogP contribution in [-0.2, 0) is 9.59 Å². The zero-order valence-corrected chi connectivity index (χ0v) is 16.9. The van der Waals surface area contributed by atoms with Gasteiger partial charge >= 0.3 is 0 Å². The summed E-state index contributed by atoms with van der Waals surface area (Å²) in [7, 11) is 0. The number of thioether (sulfide) groups is 1. The number of ether oxygens (including phenoxy) is 1. The van der Waals surface area contributed by atoms with E-state index in [1.807, 2.05) is 31.2 Å². The molecule has 0 aliphatic carbocycles. The van der Waals surface area contributed by atoms with Crippen LogP contribution in [0.2, 0.25) is 0 Å². The first-order chi connectivity index (χ1) is 14.1. The highest BCUT2D eigenvalue weighted by atomic mass is 32.2. The largest absolute Gasteiger partial charge is 0.494 e. The van der Waals surface area contributed by atoms with Crippen molar-refractivity contribution in [3.63, 3.8) is 0 Å². The summed E-state index contributed by atoms with van der Waals surface area (Å²) in [4.78, 5) is 35.6. The van der Waals surface area contributed by atoms with Gasteiger partial charge in [-0.2, -0.15) is 0 Å². The molecule has 0 saturated heterocycles. The average Bonchev–Trinajstić information content (AvgIpc) is 3.03. The van der Waals surface area contributed by atoms with E-state index in [4.69, 9.17) is 4.74 Å². The number of amidine groups is 2. The molecule has 0 bridgehead atoms. The summed E-state index contributed by atoms with van der Waals surface area (Å²) in [6.07, 6.45) is 0. The average molecular weight is 408 g/mol. The highest BCUT2D eigenvalue weighted by Crippen LogP contribution is 2.33. The highest BCUT2D eigenvalue weighted by molar-refractivity contribution is 8.14. The first-order valence-electron chi connectivity index (χ1n) is 9.32. The van der Waals surface area contributed by atoms with Gasteiger partial charge in [-0.05, 0) is 50.2 Å². The second kappa shape index (κ2) is 8.08. The van der Waals surface area contributed by atoms with Gasteiger partial charge in [0.15, 0.2) is 5.17 Å². The van der Waals surface area contributed by atoms with Gasteiger partial charge in [-0.25, -0.2) is 9.89 Å². The number of nitrogens with zero attached hydrogens (tertiary/aromatic N) is 3. The summed E-state index contributed by atoms with van der Waals surface area (Å²) in [5.41, 5.74) is 2.26. The Morgan fingerprint density at radius 1 is 1.21 bits per heavy atom. The number of aliphatic imine (C=N–C) groups is 2. The number of rotatable bonds is 5. The van der Waals surface area contributed by atoms with Gasteiger partial charge in [0.2, 0.25) is 5.91 Å². The fourth-order valence-corrected chi connectivity index (χ4v) is 3.90. The second-order valence-electron chi connectivity index (χ2n) is 6.51. The predicted octanol–water partition coefficient (Wildman–Crippen LogP) is 3.44. The Balaban J connectivity index is 1.46. The summed E-state index contributed by atoms with van der Waals surface area (Å²) in [5.74, 6) is 1.16. The normalized spacial score (nSPS) is 17.2. The zero-order chi connectivity index (χ0) is 20.4. The molecule has 2 aromatic carbocycles. The van der Waals surface area contributed by atoms with Gasteiger partial charge < -0.3 is 10.1 Å². The fourth-order valence-electron chi connectivity index (χ4n) is 3.10. The number of benzene rings is 2. The molecule has 2 aliphatic rings. The first kappa shape index (κ1) is 19.2. The molecule has 0 radical (unpaired) electrons. The maximum atomic E-state index is 12.6. The van der Waals surface area contributed by atoms with Crippen molar-refractivity contribution in [2.75, 3.05) is 17.7 Å². The molecule has 8 heteroatoms. The third kappa shape index (κ3) is 3.88. The molecule has 148 valence electrons. The molecule has 1 atom stereocenters. The van der Waals surface area contributed by atoms with Gasteiger partial charge in [0.1, 0.15) is 17.6 Å². The summed E-state index contributed by atoms with van der Waals surface area (Å²) in [6.45, 7) is 4.27. The number of anilines is 1. The van der Waals surface area contributed by atoms with Crippen LogP contribution in [0.5, 0.6) is 5.75 Å². The van der Waals surface area contributed by atoms with Crippen LogP contribution in [-0.4, -0.2) is 46.1 Å². The minimum atomic E-state index is -0.459. The fraction of sp³-hybridized carbons (Fsp3) is 0.238. The molecule has 2 heterocycles. The molecule has 0 spiro atoms. The van der Waals surface area contributed by atoms with Gasteiger partial charge in [-0.1, -0.05) is 23.9 Å². The lowest BCUT2D eigenvalue weighted by molar-refractivity contribution is -0.124. The zero-order valence-electron chi connectivity index (χ0n) is 16.1. The summed E-state index contributed by atoms with van der Waals surface area (Å²) >= 11 is 1.22. The molecule has 7 nitrogen and oxygen atoms in total. The van der Waals surface area contributed by atoms with Crippen molar-refractivity contribution >= 4 is 46.0 Å². The van der Waals surface area contributed by atoms with Crippen molar-refractivity contribution in [2.24, 2.45) is 9.98 Å². The molecule has 2 aromatic rings. The van der Waals surface area contributed by atoms with Crippen molar-refractivity contribution in [2.45, 2.75) is 19.9 Å². The highest BCUT2D eigenvalue weighted by Gasteiger charge is 2.39. The number of hydrogen-bond donors (Lipinski definition) is 1. The molecular weight excluding hydrogens is 388 g/mol. The van der Waals surface area contributed by atoms with Crippen molar-refractivity contribution in [1.29, 1.82) is 0 Å². The maximum Gasteiger partial charge on any atom is 0.258 e. The Morgan fingerprint density at radius 2 is 1.97 bits per heavy atom. The third-order valence-electron chi connectivity index (χ3n) is 4.44. The van der Waals surface area contributed by atoms with Crippen LogP contribution < -0.4 is 10.1 Å². The first-order valence-corrected chi connectivity index (χ1v) is 10.3. The number of carbonyl (C=O) groups is 2. The van der Waals surface area contributed by atoms with E-state index in [2.05, 4.69) is 15.3 Å². The van der Waals surface area contributed by atoms with Crippen LogP contribution in [0.3, 0.4) is 0 Å².